The second-order valence-electron chi connectivity index (χ2n) is 6.04. The molecule has 0 aliphatic rings. The molecule has 0 saturated carbocycles. The molecule has 0 heterocycles. The van der Waals surface area contributed by atoms with Gasteiger partial charge in [0, 0.05) is 0 Å². The van der Waals surface area contributed by atoms with Crippen molar-refractivity contribution in [3.8, 4) is 0 Å². The van der Waals surface area contributed by atoms with Crippen LogP contribution in [0.15, 0.2) is 72.8 Å². The lowest BCUT2D eigenvalue weighted by Gasteiger charge is -2.14. The van der Waals surface area contributed by atoms with E-state index in [0.717, 1.165) is 6.42 Å². The van der Waals surface area contributed by atoms with Crippen LogP contribution in [0, 0.1) is 0 Å². The summed E-state index contributed by atoms with van der Waals surface area (Å²) in [6.45, 7) is 4.28. The van der Waals surface area contributed by atoms with Crippen LogP contribution >= 0.6 is 0 Å². The summed E-state index contributed by atoms with van der Waals surface area (Å²) >= 11 is 0. The predicted octanol–water partition coefficient (Wildman–Crippen LogP) is 6.95. The maximum atomic E-state index is 2.31. The summed E-state index contributed by atoms with van der Waals surface area (Å²) in [5.74, 6) is 0. The molecule has 0 aliphatic heterocycles. The van der Waals surface area contributed by atoms with Crippen LogP contribution in [-0.2, 0) is 0 Å². The molecule has 0 heteroatoms. The van der Waals surface area contributed by atoms with Crippen LogP contribution < -0.4 is 0 Å². The number of hydrogen-bond acceptors (Lipinski definition) is 0. The Labute approximate surface area is 137 Å². The Bertz CT molecular complexity index is 1030. The van der Waals surface area contributed by atoms with E-state index in [4.69, 9.17) is 0 Å². The predicted molar refractivity (Wildman–Crippen MR) is 103 cm³/mol. The average molecular weight is 296 g/mol. The molecule has 0 aliphatic carbocycles. The van der Waals surface area contributed by atoms with Gasteiger partial charge in [-0.3, -0.25) is 0 Å². The van der Waals surface area contributed by atoms with E-state index in [9.17, 15) is 0 Å². The van der Waals surface area contributed by atoms with Crippen molar-refractivity contribution >= 4 is 37.9 Å². The van der Waals surface area contributed by atoms with Gasteiger partial charge in [-0.05, 0) is 56.8 Å². The van der Waals surface area contributed by atoms with Gasteiger partial charge < -0.3 is 0 Å². The lowest BCUT2D eigenvalue weighted by Crippen LogP contribution is -1.89. The van der Waals surface area contributed by atoms with Crippen LogP contribution in [-0.4, -0.2) is 0 Å². The van der Waals surface area contributed by atoms with Crippen LogP contribution in [0.3, 0.4) is 0 Å². The first-order valence-electron chi connectivity index (χ1n) is 8.33. The van der Waals surface area contributed by atoms with Gasteiger partial charge in [-0.25, -0.2) is 0 Å². The first kappa shape index (κ1) is 14.0. The van der Waals surface area contributed by atoms with Crippen molar-refractivity contribution in [3.05, 3.63) is 78.4 Å². The molecule has 0 atom stereocenters. The van der Waals surface area contributed by atoms with Gasteiger partial charge in [0.15, 0.2) is 0 Å². The Morgan fingerprint density at radius 1 is 0.826 bits per heavy atom. The third kappa shape index (κ3) is 2.14. The van der Waals surface area contributed by atoms with Crippen molar-refractivity contribution in [2.45, 2.75) is 20.3 Å². The van der Waals surface area contributed by atoms with E-state index in [1.54, 1.807) is 0 Å². The zero-order valence-corrected chi connectivity index (χ0v) is 13.6. The van der Waals surface area contributed by atoms with Crippen molar-refractivity contribution in [1.82, 2.24) is 0 Å². The van der Waals surface area contributed by atoms with Gasteiger partial charge in [-0.15, -0.1) is 0 Å². The Morgan fingerprint density at radius 3 is 2.17 bits per heavy atom. The van der Waals surface area contributed by atoms with Crippen LogP contribution in [0.4, 0.5) is 0 Å². The minimum absolute atomic E-state index is 1.04. The number of allylic oxidation sites excluding steroid dienone is 4. The second-order valence-corrected chi connectivity index (χ2v) is 6.04. The third-order valence-corrected chi connectivity index (χ3v) is 4.61. The molecule has 0 aromatic heterocycles. The van der Waals surface area contributed by atoms with Crippen molar-refractivity contribution in [2.75, 3.05) is 0 Å². The normalized spacial score (nSPS) is 13.0. The standard InChI is InChI=1S/C23H20/c1-3-6-16(7-4-2)20-14-12-19-11-10-17-8-5-9-18-13-15-21(20)23(19)22(17)18/h3,5-15H,4H2,1-2H3. The minimum Gasteiger partial charge on any atom is -0.0871 e. The van der Waals surface area contributed by atoms with Gasteiger partial charge >= 0.3 is 0 Å². The van der Waals surface area contributed by atoms with Crippen molar-refractivity contribution < 1.29 is 0 Å². The molecular weight excluding hydrogens is 276 g/mol. The van der Waals surface area contributed by atoms with Gasteiger partial charge in [-0.2, -0.15) is 0 Å². The SMILES string of the molecule is CC=CC(=CCC)c1ccc2ccc3cccc4ccc1c2c34. The Morgan fingerprint density at radius 2 is 1.48 bits per heavy atom. The van der Waals surface area contributed by atoms with Crippen molar-refractivity contribution in [2.24, 2.45) is 0 Å². The first-order valence-corrected chi connectivity index (χ1v) is 8.33. The molecule has 0 nitrogen and oxygen atoms in total. The minimum atomic E-state index is 1.04. The first-order chi connectivity index (χ1) is 11.3. The molecule has 0 fully saturated rings. The highest BCUT2D eigenvalue weighted by Crippen LogP contribution is 2.38. The van der Waals surface area contributed by atoms with Gasteiger partial charge in [-0.1, -0.05) is 79.7 Å². The zero-order chi connectivity index (χ0) is 15.8. The van der Waals surface area contributed by atoms with Gasteiger partial charge in [0.2, 0.25) is 0 Å². The van der Waals surface area contributed by atoms with E-state index in [1.807, 2.05) is 0 Å². The molecule has 0 spiro atoms. The van der Waals surface area contributed by atoms with Crippen molar-refractivity contribution in [1.29, 1.82) is 0 Å². The molecule has 112 valence electrons. The van der Waals surface area contributed by atoms with Crippen LogP contribution in [0.5, 0.6) is 0 Å². The Balaban J connectivity index is 2.17. The molecule has 0 amide bonds. The van der Waals surface area contributed by atoms with E-state index < -0.39 is 0 Å². The Kier molecular flexibility index (Phi) is 3.38. The van der Waals surface area contributed by atoms with Gasteiger partial charge in [0.05, 0.1) is 0 Å². The summed E-state index contributed by atoms with van der Waals surface area (Å²) in [6.07, 6.45) is 7.70. The fraction of sp³-hybridized carbons (Fsp3) is 0.130. The van der Waals surface area contributed by atoms with Gasteiger partial charge in [0.25, 0.3) is 0 Å². The van der Waals surface area contributed by atoms with E-state index in [0.29, 0.717) is 0 Å². The summed E-state index contributed by atoms with van der Waals surface area (Å²) in [6, 6.07) is 20.1. The maximum absolute atomic E-state index is 2.31. The average Bonchev–Trinajstić information content (AvgIpc) is 2.59. The summed E-state index contributed by atoms with van der Waals surface area (Å²) in [4.78, 5) is 0. The monoisotopic (exact) mass is 296 g/mol. The fourth-order valence-electron chi connectivity index (χ4n) is 3.65. The lowest BCUT2D eigenvalue weighted by molar-refractivity contribution is 1.23. The quantitative estimate of drug-likeness (QED) is 0.283. The van der Waals surface area contributed by atoms with Crippen molar-refractivity contribution in [3.63, 3.8) is 0 Å². The second kappa shape index (κ2) is 5.55. The number of benzene rings is 4. The summed E-state index contributed by atoms with van der Waals surface area (Å²) in [7, 11) is 0. The van der Waals surface area contributed by atoms with E-state index in [1.165, 1.54) is 43.5 Å². The van der Waals surface area contributed by atoms with Crippen LogP contribution in [0.1, 0.15) is 25.8 Å². The third-order valence-electron chi connectivity index (χ3n) is 4.61. The summed E-state index contributed by atoms with van der Waals surface area (Å²) in [5.41, 5.74) is 2.64. The molecule has 4 aromatic rings. The highest BCUT2D eigenvalue weighted by atomic mass is 14.1. The smallest absolute Gasteiger partial charge is 0.00206 e. The van der Waals surface area contributed by atoms with E-state index in [2.05, 4.69) is 86.7 Å². The lowest BCUT2D eigenvalue weighted by atomic mass is 9.89. The molecule has 23 heavy (non-hydrogen) atoms. The molecule has 0 N–H and O–H groups in total. The van der Waals surface area contributed by atoms with E-state index in [-0.39, 0.29) is 0 Å². The maximum Gasteiger partial charge on any atom is -0.00206 e. The molecule has 0 radical (unpaired) electrons. The highest BCUT2D eigenvalue weighted by Gasteiger charge is 2.11. The molecular formula is C23H20. The van der Waals surface area contributed by atoms with Crippen LogP contribution in [0.2, 0.25) is 0 Å². The summed E-state index contributed by atoms with van der Waals surface area (Å²) < 4.78 is 0. The van der Waals surface area contributed by atoms with Gasteiger partial charge in [0.1, 0.15) is 0 Å². The largest absolute Gasteiger partial charge is 0.0871 e. The van der Waals surface area contributed by atoms with E-state index >= 15 is 0 Å². The fourth-order valence-corrected chi connectivity index (χ4v) is 3.65. The Hall–Kier alpha value is -2.60. The molecule has 4 rings (SSSR count). The molecule has 4 aromatic carbocycles. The molecule has 0 bridgehead atoms. The molecule has 0 saturated heterocycles. The molecule has 0 unspecified atom stereocenters. The zero-order valence-electron chi connectivity index (χ0n) is 13.6. The number of hydrogen-bond donors (Lipinski definition) is 0. The summed E-state index contributed by atoms with van der Waals surface area (Å²) in [5, 5.41) is 8.11. The highest BCUT2D eigenvalue weighted by molar-refractivity contribution is 6.24. The number of rotatable bonds is 3. The topological polar surface area (TPSA) is 0 Å². The van der Waals surface area contributed by atoms with Crippen LogP contribution in [0.25, 0.3) is 37.9 Å².